The average Bonchev–Trinajstić information content (AvgIpc) is 3.40. The first-order valence-electron chi connectivity index (χ1n) is 8.71. The topological polar surface area (TPSA) is 68.1 Å². The molecule has 0 aliphatic carbocycles. The fraction of sp³-hybridized carbons (Fsp3) is 0.263. The number of nitrogens with one attached hydrogen (secondary N) is 1. The molecular weight excluding hydrogens is 332 g/mol. The highest BCUT2D eigenvalue weighted by Crippen LogP contribution is 2.34. The van der Waals surface area contributed by atoms with Crippen LogP contribution in [0, 0.1) is 0 Å². The maximum atomic E-state index is 12.8. The zero-order valence-corrected chi connectivity index (χ0v) is 14.1. The highest BCUT2D eigenvalue weighted by molar-refractivity contribution is 6.09. The number of rotatable bonds is 3. The van der Waals surface area contributed by atoms with Gasteiger partial charge in [0.25, 0.3) is 5.91 Å². The molecule has 1 saturated heterocycles. The summed E-state index contributed by atoms with van der Waals surface area (Å²) in [6.07, 6.45) is 5.93. The highest BCUT2D eigenvalue weighted by atomic mass is 16.7. The lowest BCUT2D eigenvalue weighted by Crippen LogP contribution is -2.18. The molecule has 2 aliphatic heterocycles. The van der Waals surface area contributed by atoms with E-state index in [9.17, 15) is 4.79 Å². The molecule has 4 heterocycles. The number of hydrogen-bond donors (Lipinski definition) is 1. The number of anilines is 2. The molecule has 7 nitrogen and oxygen atoms in total. The van der Waals surface area contributed by atoms with Gasteiger partial charge in [-0.15, -0.1) is 0 Å². The fourth-order valence-electron chi connectivity index (χ4n) is 3.49. The Morgan fingerprint density at radius 1 is 1.08 bits per heavy atom. The predicted molar refractivity (Wildman–Crippen MR) is 97.2 cm³/mol. The van der Waals surface area contributed by atoms with Gasteiger partial charge >= 0.3 is 0 Å². The number of carbonyl (C=O) groups is 1. The zero-order valence-electron chi connectivity index (χ0n) is 14.1. The molecule has 2 aromatic heterocycles. The van der Waals surface area contributed by atoms with Crippen LogP contribution in [0.4, 0.5) is 11.4 Å². The van der Waals surface area contributed by atoms with Crippen molar-refractivity contribution in [3.8, 4) is 11.5 Å². The van der Waals surface area contributed by atoms with E-state index in [2.05, 4.69) is 15.3 Å². The molecule has 26 heavy (non-hydrogen) atoms. The van der Waals surface area contributed by atoms with Crippen molar-refractivity contribution < 1.29 is 14.3 Å². The zero-order chi connectivity index (χ0) is 17.5. The Morgan fingerprint density at radius 2 is 1.92 bits per heavy atom. The molecule has 5 rings (SSSR count). The first-order chi connectivity index (χ1) is 12.8. The minimum absolute atomic E-state index is 0.197. The molecule has 0 unspecified atom stereocenters. The van der Waals surface area contributed by atoms with E-state index in [0.29, 0.717) is 22.7 Å². The predicted octanol–water partition coefficient (Wildman–Crippen LogP) is 2.92. The summed E-state index contributed by atoms with van der Waals surface area (Å²) in [5.41, 5.74) is 3.14. The summed E-state index contributed by atoms with van der Waals surface area (Å²) in [7, 11) is 0. The van der Waals surface area contributed by atoms with Crippen molar-refractivity contribution in [2.24, 2.45) is 0 Å². The lowest BCUT2D eigenvalue weighted by molar-refractivity contribution is 0.102. The number of carbonyl (C=O) groups excluding carboxylic acids is 1. The normalized spacial score (nSPS) is 15.6. The van der Waals surface area contributed by atoms with Crippen LogP contribution in [-0.2, 0) is 0 Å². The maximum Gasteiger partial charge on any atom is 0.259 e. The first-order valence-corrected chi connectivity index (χ1v) is 8.71. The molecule has 1 fully saturated rings. The molecule has 2 aliphatic rings. The van der Waals surface area contributed by atoms with Crippen LogP contribution in [0.15, 0.2) is 42.7 Å². The van der Waals surface area contributed by atoms with Gasteiger partial charge in [-0.05, 0) is 37.1 Å². The highest BCUT2D eigenvalue weighted by Gasteiger charge is 2.18. The van der Waals surface area contributed by atoms with E-state index >= 15 is 0 Å². The van der Waals surface area contributed by atoms with Gasteiger partial charge in [-0.1, -0.05) is 0 Å². The van der Waals surface area contributed by atoms with Crippen LogP contribution in [0.5, 0.6) is 11.5 Å². The molecule has 1 amide bonds. The summed E-state index contributed by atoms with van der Waals surface area (Å²) in [5.74, 6) is 1.13. The number of fused-ring (bicyclic) bond motifs is 2. The third-order valence-electron chi connectivity index (χ3n) is 4.85. The summed E-state index contributed by atoms with van der Waals surface area (Å²) in [5, 5.41) is 7.21. The third-order valence-corrected chi connectivity index (χ3v) is 4.85. The van der Waals surface area contributed by atoms with Crippen LogP contribution in [0.25, 0.3) is 5.52 Å². The maximum absolute atomic E-state index is 12.8. The fourth-order valence-corrected chi connectivity index (χ4v) is 3.49. The van der Waals surface area contributed by atoms with Crippen molar-refractivity contribution in [2.45, 2.75) is 12.8 Å². The third kappa shape index (κ3) is 2.52. The van der Waals surface area contributed by atoms with E-state index in [4.69, 9.17) is 9.47 Å². The lowest BCUT2D eigenvalue weighted by atomic mass is 10.2. The van der Waals surface area contributed by atoms with Gasteiger partial charge in [0.1, 0.15) is 0 Å². The minimum atomic E-state index is -0.197. The molecule has 0 saturated carbocycles. The molecule has 1 aromatic carbocycles. The monoisotopic (exact) mass is 350 g/mol. The smallest absolute Gasteiger partial charge is 0.259 e. The number of pyridine rings is 1. The molecule has 0 atom stereocenters. The van der Waals surface area contributed by atoms with E-state index < -0.39 is 0 Å². The number of amides is 1. The number of hydrogen-bond acceptors (Lipinski definition) is 5. The van der Waals surface area contributed by atoms with Gasteiger partial charge in [0.15, 0.2) is 11.5 Å². The number of benzene rings is 1. The first kappa shape index (κ1) is 15.1. The van der Waals surface area contributed by atoms with Crippen LogP contribution in [0.3, 0.4) is 0 Å². The van der Waals surface area contributed by atoms with Gasteiger partial charge < -0.3 is 19.7 Å². The summed E-state index contributed by atoms with van der Waals surface area (Å²) in [6, 6.07) is 9.44. The number of nitrogens with zero attached hydrogens (tertiary/aromatic N) is 3. The van der Waals surface area contributed by atoms with Crippen LogP contribution in [0.2, 0.25) is 0 Å². The van der Waals surface area contributed by atoms with E-state index in [0.717, 1.165) is 24.3 Å². The lowest BCUT2D eigenvalue weighted by Gasteiger charge is -2.17. The van der Waals surface area contributed by atoms with E-state index in [-0.39, 0.29) is 12.7 Å². The summed E-state index contributed by atoms with van der Waals surface area (Å²) >= 11 is 0. The summed E-state index contributed by atoms with van der Waals surface area (Å²) < 4.78 is 12.4. The summed E-state index contributed by atoms with van der Waals surface area (Å²) in [4.78, 5) is 15.1. The van der Waals surface area contributed by atoms with E-state index in [1.807, 2.05) is 18.3 Å². The van der Waals surface area contributed by atoms with Crippen molar-refractivity contribution >= 4 is 22.8 Å². The van der Waals surface area contributed by atoms with Crippen molar-refractivity contribution in [3.05, 3.63) is 48.3 Å². The second-order valence-electron chi connectivity index (χ2n) is 6.49. The Kier molecular flexibility index (Phi) is 3.44. The number of aromatic nitrogens is 2. The summed E-state index contributed by atoms with van der Waals surface area (Å²) in [6.45, 7) is 2.33. The van der Waals surface area contributed by atoms with Crippen LogP contribution in [0.1, 0.15) is 23.2 Å². The van der Waals surface area contributed by atoms with Crippen molar-refractivity contribution in [1.29, 1.82) is 0 Å². The van der Waals surface area contributed by atoms with Gasteiger partial charge in [-0.3, -0.25) is 4.79 Å². The van der Waals surface area contributed by atoms with Gasteiger partial charge in [0.05, 0.1) is 17.3 Å². The Labute approximate surface area is 150 Å². The standard InChI is InChI=1S/C19H18N4O3/c24-19(21-13-3-4-17-18(9-13)26-12-25-17)15-11-20-23-8-5-14(10-16(15)23)22-6-1-2-7-22/h3-5,8-11H,1-2,6-7,12H2,(H,21,24). The quantitative estimate of drug-likeness (QED) is 0.787. The van der Waals surface area contributed by atoms with Gasteiger partial charge in [0, 0.05) is 36.7 Å². The minimum Gasteiger partial charge on any atom is -0.454 e. The van der Waals surface area contributed by atoms with Gasteiger partial charge in [-0.2, -0.15) is 5.10 Å². The van der Waals surface area contributed by atoms with E-state index in [1.54, 1.807) is 28.9 Å². The van der Waals surface area contributed by atoms with Gasteiger partial charge in [-0.25, -0.2) is 4.52 Å². The molecule has 7 heteroatoms. The second kappa shape index (κ2) is 5.94. The van der Waals surface area contributed by atoms with Crippen LogP contribution in [-0.4, -0.2) is 35.4 Å². The van der Waals surface area contributed by atoms with E-state index in [1.165, 1.54) is 12.8 Å². The van der Waals surface area contributed by atoms with Gasteiger partial charge in [0.2, 0.25) is 6.79 Å². The molecule has 1 N–H and O–H groups in total. The Morgan fingerprint density at radius 3 is 2.81 bits per heavy atom. The van der Waals surface area contributed by atoms with Crippen LogP contribution < -0.4 is 19.7 Å². The van der Waals surface area contributed by atoms with Crippen LogP contribution >= 0.6 is 0 Å². The number of ether oxygens (including phenoxy) is 2. The SMILES string of the molecule is O=C(Nc1ccc2c(c1)OCO2)c1cnn2ccc(N3CCCC3)cc12. The molecule has 3 aromatic rings. The van der Waals surface area contributed by atoms with Crippen molar-refractivity contribution in [3.63, 3.8) is 0 Å². The molecule has 0 radical (unpaired) electrons. The Balaban J connectivity index is 1.44. The Bertz CT molecular complexity index is 992. The second-order valence-corrected chi connectivity index (χ2v) is 6.49. The largest absolute Gasteiger partial charge is 0.454 e. The Hall–Kier alpha value is -3.22. The van der Waals surface area contributed by atoms with Crippen molar-refractivity contribution in [2.75, 3.05) is 30.1 Å². The molecule has 0 bridgehead atoms. The van der Waals surface area contributed by atoms with Crippen molar-refractivity contribution in [1.82, 2.24) is 9.61 Å². The molecule has 0 spiro atoms. The molecule has 132 valence electrons. The molecular formula is C19H18N4O3. The average molecular weight is 350 g/mol.